The predicted octanol–water partition coefficient (Wildman–Crippen LogP) is 5.15. The highest BCUT2D eigenvalue weighted by Gasteiger charge is 2.54. The van der Waals surface area contributed by atoms with Crippen molar-refractivity contribution < 1.29 is 9.90 Å². The summed E-state index contributed by atoms with van der Waals surface area (Å²) in [4.78, 5) is 15.0. The summed E-state index contributed by atoms with van der Waals surface area (Å²) in [6.45, 7) is 2.08. The van der Waals surface area contributed by atoms with Crippen molar-refractivity contribution in [3.63, 3.8) is 0 Å². The number of piperidine rings is 1. The largest absolute Gasteiger partial charge is 0.390 e. The van der Waals surface area contributed by atoms with Crippen LogP contribution in [0, 0.1) is 17.8 Å². The molecule has 5 heteroatoms. The molecule has 3 N–H and O–H groups in total. The van der Waals surface area contributed by atoms with E-state index in [1.165, 1.54) is 24.1 Å². The van der Waals surface area contributed by atoms with Crippen LogP contribution in [0.25, 0.3) is 0 Å². The number of carbonyl (C=O) groups is 1. The van der Waals surface area contributed by atoms with Crippen LogP contribution >= 0.6 is 0 Å². The first-order valence-electron chi connectivity index (χ1n) is 14.2. The molecule has 192 valence electrons. The lowest BCUT2D eigenvalue weighted by molar-refractivity contribution is -0.140. The Bertz CT molecular complexity index is 1030. The smallest absolute Gasteiger partial charge is 0.224 e. The second-order valence-corrected chi connectivity index (χ2v) is 12.1. The number of nitrogens with one attached hydrogen (secondary N) is 2. The van der Waals surface area contributed by atoms with E-state index in [1.54, 1.807) is 0 Å². The van der Waals surface area contributed by atoms with E-state index in [-0.39, 0.29) is 11.5 Å². The molecule has 0 aromatic heterocycles. The van der Waals surface area contributed by atoms with Gasteiger partial charge in [-0.1, -0.05) is 36.4 Å². The number of benzene rings is 2. The number of anilines is 2. The molecule has 2 unspecified atom stereocenters. The third kappa shape index (κ3) is 5.33. The van der Waals surface area contributed by atoms with Crippen molar-refractivity contribution in [2.24, 2.45) is 17.8 Å². The Balaban J connectivity index is 0.972. The average Bonchev–Trinajstić information content (AvgIpc) is 2.86. The molecule has 4 bridgehead atoms. The SMILES string of the molecule is O=C(CCCc1ccccc1)Nc1cccc(N2CCC(NC3C4CC5CC3CC(O)(C5)C4)CC2)c1. The van der Waals surface area contributed by atoms with E-state index >= 15 is 0 Å². The summed E-state index contributed by atoms with van der Waals surface area (Å²) in [5.74, 6) is 2.20. The summed E-state index contributed by atoms with van der Waals surface area (Å²) in [6.07, 6.45) is 10.4. The zero-order valence-corrected chi connectivity index (χ0v) is 21.4. The van der Waals surface area contributed by atoms with Gasteiger partial charge >= 0.3 is 0 Å². The van der Waals surface area contributed by atoms with E-state index in [4.69, 9.17) is 0 Å². The highest BCUT2D eigenvalue weighted by molar-refractivity contribution is 5.91. The second kappa shape index (κ2) is 10.2. The minimum Gasteiger partial charge on any atom is -0.390 e. The minimum absolute atomic E-state index is 0.0892. The zero-order chi connectivity index (χ0) is 24.5. The predicted molar refractivity (Wildman–Crippen MR) is 145 cm³/mol. The molecule has 1 aliphatic heterocycles. The van der Waals surface area contributed by atoms with Crippen LogP contribution in [0.15, 0.2) is 54.6 Å². The Morgan fingerprint density at radius 1 is 0.972 bits per heavy atom. The molecule has 1 heterocycles. The summed E-state index contributed by atoms with van der Waals surface area (Å²) in [5.41, 5.74) is 3.03. The zero-order valence-electron chi connectivity index (χ0n) is 21.4. The Kier molecular flexibility index (Phi) is 6.78. The number of rotatable bonds is 8. The molecule has 4 saturated carbocycles. The van der Waals surface area contributed by atoms with Crippen LogP contribution in [0.4, 0.5) is 11.4 Å². The fraction of sp³-hybridized carbons (Fsp3) is 0.581. The molecular formula is C31H41N3O2. The van der Waals surface area contributed by atoms with Crippen LogP contribution in [-0.4, -0.2) is 41.8 Å². The van der Waals surface area contributed by atoms with Gasteiger partial charge in [0.2, 0.25) is 5.91 Å². The number of amides is 1. The lowest BCUT2D eigenvalue weighted by Gasteiger charge is -2.59. The topological polar surface area (TPSA) is 64.6 Å². The van der Waals surface area contributed by atoms with Gasteiger partial charge < -0.3 is 20.6 Å². The van der Waals surface area contributed by atoms with Gasteiger partial charge in [-0.25, -0.2) is 0 Å². The normalized spacial score (nSPS) is 31.5. The fourth-order valence-corrected chi connectivity index (χ4v) is 7.93. The van der Waals surface area contributed by atoms with Crippen molar-refractivity contribution in [3.05, 3.63) is 60.2 Å². The molecule has 2 aromatic rings. The van der Waals surface area contributed by atoms with Crippen molar-refractivity contribution in [1.29, 1.82) is 0 Å². The molecule has 36 heavy (non-hydrogen) atoms. The van der Waals surface area contributed by atoms with Crippen LogP contribution in [-0.2, 0) is 11.2 Å². The molecule has 2 aromatic carbocycles. The Hall–Kier alpha value is -2.37. The van der Waals surface area contributed by atoms with E-state index < -0.39 is 0 Å². The number of hydrogen-bond donors (Lipinski definition) is 3. The van der Waals surface area contributed by atoms with Crippen LogP contribution in [0.5, 0.6) is 0 Å². The molecule has 0 spiro atoms. The van der Waals surface area contributed by atoms with Gasteiger partial charge in [0.1, 0.15) is 0 Å². The van der Waals surface area contributed by atoms with Crippen LogP contribution < -0.4 is 15.5 Å². The Labute approximate surface area is 215 Å². The summed E-state index contributed by atoms with van der Waals surface area (Å²) in [5, 5.41) is 18.1. The summed E-state index contributed by atoms with van der Waals surface area (Å²) < 4.78 is 0. The number of carbonyl (C=O) groups excluding carboxylic acids is 1. The molecule has 7 rings (SSSR count). The lowest BCUT2D eigenvalue weighted by Crippen LogP contribution is -2.62. The van der Waals surface area contributed by atoms with Gasteiger partial charge in [-0.05, 0) is 99.3 Å². The standard InChI is InChI=1S/C31H41N3O2/c35-29(11-4-8-22-6-2-1-3-7-22)32-27-9-5-10-28(18-27)34-14-12-26(13-15-34)33-30-24-16-23-17-25(30)21-31(36,19-23)20-24/h1-3,5-7,9-10,18,23-26,30,33,36H,4,8,11-17,19-21H2,(H,32,35). The lowest BCUT2D eigenvalue weighted by atomic mass is 9.52. The molecule has 5 nitrogen and oxygen atoms in total. The molecule has 4 aliphatic carbocycles. The first-order chi connectivity index (χ1) is 17.5. The maximum absolute atomic E-state index is 12.5. The van der Waals surface area contributed by atoms with Crippen molar-refractivity contribution in [1.82, 2.24) is 5.32 Å². The van der Waals surface area contributed by atoms with Crippen molar-refractivity contribution >= 4 is 17.3 Å². The molecular weight excluding hydrogens is 446 g/mol. The van der Waals surface area contributed by atoms with E-state index in [2.05, 4.69) is 45.9 Å². The molecule has 1 saturated heterocycles. The molecule has 2 atom stereocenters. The van der Waals surface area contributed by atoms with Gasteiger partial charge in [-0.3, -0.25) is 4.79 Å². The highest BCUT2D eigenvalue weighted by atomic mass is 16.3. The summed E-state index contributed by atoms with van der Waals surface area (Å²) >= 11 is 0. The fourth-order valence-electron chi connectivity index (χ4n) is 7.93. The molecule has 5 fully saturated rings. The summed E-state index contributed by atoms with van der Waals surface area (Å²) in [6, 6.07) is 19.9. The molecule has 5 aliphatic rings. The van der Waals surface area contributed by atoms with Gasteiger partial charge in [0.05, 0.1) is 5.60 Å². The monoisotopic (exact) mass is 487 g/mol. The minimum atomic E-state index is -0.347. The Morgan fingerprint density at radius 3 is 2.44 bits per heavy atom. The molecule has 1 amide bonds. The maximum atomic E-state index is 12.5. The van der Waals surface area contributed by atoms with Gasteiger partial charge in [0, 0.05) is 43.0 Å². The number of nitrogens with zero attached hydrogens (tertiary/aromatic N) is 1. The van der Waals surface area contributed by atoms with Gasteiger partial charge in [-0.15, -0.1) is 0 Å². The van der Waals surface area contributed by atoms with Gasteiger partial charge in [0.25, 0.3) is 0 Å². The molecule has 0 radical (unpaired) electrons. The average molecular weight is 488 g/mol. The van der Waals surface area contributed by atoms with Crippen LogP contribution in [0.2, 0.25) is 0 Å². The third-order valence-electron chi connectivity index (χ3n) is 9.37. The van der Waals surface area contributed by atoms with Crippen LogP contribution in [0.1, 0.15) is 63.4 Å². The van der Waals surface area contributed by atoms with E-state index in [0.717, 1.165) is 69.6 Å². The first-order valence-corrected chi connectivity index (χ1v) is 14.2. The third-order valence-corrected chi connectivity index (χ3v) is 9.37. The highest BCUT2D eigenvalue weighted by Crippen LogP contribution is 2.55. The maximum Gasteiger partial charge on any atom is 0.224 e. The van der Waals surface area contributed by atoms with E-state index in [0.29, 0.717) is 30.3 Å². The number of hydrogen-bond acceptors (Lipinski definition) is 4. The van der Waals surface area contributed by atoms with Crippen molar-refractivity contribution in [3.8, 4) is 0 Å². The van der Waals surface area contributed by atoms with Crippen molar-refractivity contribution in [2.45, 2.75) is 81.9 Å². The quantitative estimate of drug-likeness (QED) is 0.482. The summed E-state index contributed by atoms with van der Waals surface area (Å²) in [7, 11) is 0. The number of aliphatic hydroxyl groups is 1. The van der Waals surface area contributed by atoms with Gasteiger partial charge in [-0.2, -0.15) is 0 Å². The van der Waals surface area contributed by atoms with E-state index in [9.17, 15) is 9.90 Å². The first kappa shape index (κ1) is 24.0. The number of aryl methyl sites for hydroxylation is 1. The second-order valence-electron chi connectivity index (χ2n) is 12.1. The van der Waals surface area contributed by atoms with E-state index in [1.807, 2.05) is 24.3 Å². The van der Waals surface area contributed by atoms with Crippen LogP contribution in [0.3, 0.4) is 0 Å². The van der Waals surface area contributed by atoms with Gasteiger partial charge in [0.15, 0.2) is 0 Å². The Morgan fingerprint density at radius 2 is 1.72 bits per heavy atom. The van der Waals surface area contributed by atoms with Crippen molar-refractivity contribution in [2.75, 3.05) is 23.3 Å².